The fraction of sp³-hybridized carbons (Fsp3) is 0.214. The molecule has 0 aliphatic carbocycles. The lowest BCUT2D eigenvalue weighted by molar-refractivity contribution is -0.112. The van der Waals surface area contributed by atoms with Gasteiger partial charge in [-0.2, -0.15) is 0 Å². The quantitative estimate of drug-likeness (QED) is 0.803. The number of hydrogen-bond acceptors (Lipinski definition) is 1. The third kappa shape index (κ3) is 2.09. The SMILES string of the molecule is C=C(C(N)=O)c1ccc2ccn(CCC)c2c1. The van der Waals surface area contributed by atoms with E-state index < -0.39 is 5.91 Å². The third-order valence-corrected chi connectivity index (χ3v) is 2.88. The molecule has 0 saturated carbocycles. The van der Waals surface area contributed by atoms with Gasteiger partial charge in [-0.15, -0.1) is 0 Å². The Hall–Kier alpha value is -2.03. The monoisotopic (exact) mass is 228 g/mol. The molecule has 1 aromatic carbocycles. The molecule has 88 valence electrons. The van der Waals surface area contributed by atoms with Crippen molar-refractivity contribution in [3.05, 3.63) is 42.6 Å². The molecule has 3 nitrogen and oxygen atoms in total. The maximum atomic E-state index is 11.1. The van der Waals surface area contributed by atoms with Crippen molar-refractivity contribution in [3.8, 4) is 0 Å². The molecule has 2 N–H and O–H groups in total. The van der Waals surface area contributed by atoms with Gasteiger partial charge in [-0.3, -0.25) is 4.79 Å². The molecular formula is C14H16N2O. The molecular weight excluding hydrogens is 212 g/mol. The highest BCUT2D eigenvalue weighted by molar-refractivity contribution is 6.18. The van der Waals surface area contributed by atoms with E-state index in [-0.39, 0.29) is 0 Å². The molecule has 0 spiro atoms. The second kappa shape index (κ2) is 4.45. The van der Waals surface area contributed by atoms with Crippen LogP contribution in [0, 0.1) is 0 Å². The van der Waals surface area contributed by atoms with Gasteiger partial charge >= 0.3 is 0 Å². The van der Waals surface area contributed by atoms with Gasteiger partial charge in [0.15, 0.2) is 0 Å². The van der Waals surface area contributed by atoms with Crippen LogP contribution in [0.4, 0.5) is 0 Å². The molecule has 1 heterocycles. The van der Waals surface area contributed by atoms with Gasteiger partial charge in [0.1, 0.15) is 0 Å². The van der Waals surface area contributed by atoms with Crippen LogP contribution in [-0.4, -0.2) is 10.5 Å². The molecule has 0 bridgehead atoms. The molecule has 0 unspecified atom stereocenters. The number of carbonyl (C=O) groups excluding carboxylic acids is 1. The summed E-state index contributed by atoms with van der Waals surface area (Å²) in [5, 5.41) is 1.17. The Labute approximate surface area is 101 Å². The summed E-state index contributed by atoms with van der Waals surface area (Å²) in [7, 11) is 0. The fourth-order valence-corrected chi connectivity index (χ4v) is 1.95. The van der Waals surface area contributed by atoms with E-state index in [9.17, 15) is 4.79 Å². The Balaban J connectivity index is 2.51. The second-order valence-electron chi connectivity index (χ2n) is 4.13. The summed E-state index contributed by atoms with van der Waals surface area (Å²) < 4.78 is 2.17. The summed E-state index contributed by atoms with van der Waals surface area (Å²) in [5.41, 5.74) is 7.51. The molecule has 0 fully saturated rings. The lowest BCUT2D eigenvalue weighted by atomic mass is 10.1. The van der Waals surface area contributed by atoms with Crippen molar-refractivity contribution in [2.75, 3.05) is 0 Å². The van der Waals surface area contributed by atoms with Crippen molar-refractivity contribution in [3.63, 3.8) is 0 Å². The van der Waals surface area contributed by atoms with E-state index in [0.29, 0.717) is 5.57 Å². The first-order valence-corrected chi connectivity index (χ1v) is 5.71. The number of aryl methyl sites for hydroxylation is 1. The predicted molar refractivity (Wildman–Crippen MR) is 70.5 cm³/mol. The van der Waals surface area contributed by atoms with Crippen molar-refractivity contribution in [1.82, 2.24) is 4.57 Å². The van der Waals surface area contributed by atoms with E-state index >= 15 is 0 Å². The summed E-state index contributed by atoms with van der Waals surface area (Å²) in [4.78, 5) is 11.1. The minimum Gasteiger partial charge on any atom is -0.366 e. The first-order chi connectivity index (χ1) is 8.13. The Bertz CT molecular complexity index is 581. The average molecular weight is 228 g/mol. The summed E-state index contributed by atoms with van der Waals surface area (Å²) in [5.74, 6) is -0.474. The number of aromatic nitrogens is 1. The predicted octanol–water partition coefficient (Wildman–Crippen LogP) is 2.55. The number of benzene rings is 1. The Morgan fingerprint density at radius 2 is 2.18 bits per heavy atom. The van der Waals surface area contributed by atoms with Crippen LogP contribution in [0.1, 0.15) is 18.9 Å². The highest BCUT2D eigenvalue weighted by Gasteiger charge is 2.07. The van der Waals surface area contributed by atoms with Crippen LogP contribution >= 0.6 is 0 Å². The standard InChI is InChI=1S/C14H16N2O/c1-3-7-16-8-6-11-4-5-12(9-13(11)16)10(2)14(15)17/h4-6,8-9H,2-3,7H2,1H3,(H2,15,17). The first kappa shape index (κ1) is 11.5. The van der Waals surface area contributed by atoms with Crippen molar-refractivity contribution >= 4 is 22.4 Å². The minimum atomic E-state index is -0.474. The van der Waals surface area contributed by atoms with E-state index in [2.05, 4.69) is 30.3 Å². The molecule has 3 heteroatoms. The minimum absolute atomic E-state index is 0.358. The summed E-state index contributed by atoms with van der Waals surface area (Å²) in [6.07, 6.45) is 3.13. The topological polar surface area (TPSA) is 48.0 Å². The number of fused-ring (bicyclic) bond motifs is 1. The number of primary amides is 1. The van der Waals surface area contributed by atoms with Crippen LogP contribution in [0.5, 0.6) is 0 Å². The van der Waals surface area contributed by atoms with Gasteiger partial charge in [0, 0.05) is 23.8 Å². The van der Waals surface area contributed by atoms with Crippen molar-refractivity contribution in [1.29, 1.82) is 0 Å². The van der Waals surface area contributed by atoms with Gasteiger partial charge in [0.05, 0.1) is 0 Å². The van der Waals surface area contributed by atoms with E-state index in [0.717, 1.165) is 24.0 Å². The average Bonchev–Trinajstić information content (AvgIpc) is 2.71. The van der Waals surface area contributed by atoms with Gasteiger partial charge in [0.2, 0.25) is 5.91 Å². The maximum absolute atomic E-state index is 11.1. The van der Waals surface area contributed by atoms with E-state index in [4.69, 9.17) is 5.73 Å². The largest absolute Gasteiger partial charge is 0.366 e. The number of nitrogens with zero attached hydrogens (tertiary/aromatic N) is 1. The molecule has 1 amide bonds. The molecule has 0 saturated heterocycles. The highest BCUT2D eigenvalue weighted by atomic mass is 16.1. The molecule has 0 radical (unpaired) electrons. The van der Waals surface area contributed by atoms with E-state index in [1.807, 2.05) is 18.2 Å². The highest BCUT2D eigenvalue weighted by Crippen LogP contribution is 2.21. The summed E-state index contributed by atoms with van der Waals surface area (Å²) in [6.45, 7) is 6.81. The van der Waals surface area contributed by atoms with Gasteiger partial charge in [0.25, 0.3) is 0 Å². The van der Waals surface area contributed by atoms with Crippen LogP contribution < -0.4 is 5.73 Å². The van der Waals surface area contributed by atoms with Crippen molar-refractivity contribution < 1.29 is 4.79 Å². The zero-order valence-electron chi connectivity index (χ0n) is 9.94. The Kier molecular flexibility index (Phi) is 3.00. The number of rotatable bonds is 4. The molecule has 17 heavy (non-hydrogen) atoms. The number of amides is 1. The number of nitrogens with two attached hydrogens (primary N) is 1. The molecule has 0 aliphatic heterocycles. The van der Waals surface area contributed by atoms with Crippen LogP contribution in [0.3, 0.4) is 0 Å². The first-order valence-electron chi connectivity index (χ1n) is 5.71. The third-order valence-electron chi connectivity index (χ3n) is 2.88. The van der Waals surface area contributed by atoms with E-state index in [1.54, 1.807) is 0 Å². The van der Waals surface area contributed by atoms with Crippen molar-refractivity contribution in [2.24, 2.45) is 5.73 Å². The molecule has 1 aromatic heterocycles. The normalized spacial score (nSPS) is 10.6. The smallest absolute Gasteiger partial charge is 0.248 e. The van der Waals surface area contributed by atoms with Gasteiger partial charge in [-0.25, -0.2) is 0 Å². The lowest BCUT2D eigenvalue weighted by Crippen LogP contribution is -2.11. The molecule has 2 rings (SSSR count). The van der Waals surface area contributed by atoms with Gasteiger partial charge in [-0.1, -0.05) is 25.6 Å². The Morgan fingerprint density at radius 3 is 2.82 bits per heavy atom. The fourth-order valence-electron chi connectivity index (χ4n) is 1.95. The number of hydrogen-bond donors (Lipinski definition) is 1. The van der Waals surface area contributed by atoms with Gasteiger partial charge in [-0.05, 0) is 29.5 Å². The zero-order valence-corrected chi connectivity index (χ0v) is 9.94. The number of carbonyl (C=O) groups is 1. The van der Waals surface area contributed by atoms with Crippen LogP contribution in [0.2, 0.25) is 0 Å². The zero-order chi connectivity index (χ0) is 12.4. The van der Waals surface area contributed by atoms with Crippen LogP contribution in [0.25, 0.3) is 16.5 Å². The second-order valence-corrected chi connectivity index (χ2v) is 4.13. The lowest BCUT2D eigenvalue weighted by Gasteiger charge is -2.06. The van der Waals surface area contributed by atoms with E-state index in [1.165, 1.54) is 5.39 Å². The Morgan fingerprint density at radius 1 is 1.41 bits per heavy atom. The van der Waals surface area contributed by atoms with Crippen LogP contribution in [0.15, 0.2) is 37.0 Å². The molecule has 2 aromatic rings. The van der Waals surface area contributed by atoms with Crippen LogP contribution in [-0.2, 0) is 11.3 Å². The molecule has 0 atom stereocenters. The maximum Gasteiger partial charge on any atom is 0.248 e. The summed E-state index contributed by atoms with van der Waals surface area (Å²) >= 11 is 0. The van der Waals surface area contributed by atoms with Crippen molar-refractivity contribution in [2.45, 2.75) is 19.9 Å². The molecule has 0 aliphatic rings. The van der Waals surface area contributed by atoms with Gasteiger partial charge < -0.3 is 10.3 Å². The summed E-state index contributed by atoms with van der Waals surface area (Å²) in [6, 6.07) is 7.91.